The van der Waals surface area contributed by atoms with Gasteiger partial charge in [0.25, 0.3) is 0 Å². The van der Waals surface area contributed by atoms with Gasteiger partial charge in [-0.3, -0.25) is 9.69 Å². The van der Waals surface area contributed by atoms with Crippen LogP contribution in [0.2, 0.25) is 0 Å². The van der Waals surface area contributed by atoms with Gasteiger partial charge in [0.1, 0.15) is 11.6 Å². The van der Waals surface area contributed by atoms with Crippen molar-refractivity contribution in [3.8, 4) is 0 Å². The number of rotatable bonds is 5. The summed E-state index contributed by atoms with van der Waals surface area (Å²) in [5, 5.41) is 2.53. The van der Waals surface area contributed by atoms with Crippen molar-refractivity contribution in [2.24, 2.45) is 0 Å². The summed E-state index contributed by atoms with van der Waals surface area (Å²) in [6, 6.07) is 12.1. The van der Waals surface area contributed by atoms with Crippen LogP contribution in [0.1, 0.15) is 42.9 Å². The summed E-state index contributed by atoms with van der Waals surface area (Å²) in [7, 11) is 0. The van der Waals surface area contributed by atoms with Crippen LogP contribution in [0.3, 0.4) is 0 Å². The fourth-order valence-corrected chi connectivity index (χ4v) is 3.92. The van der Waals surface area contributed by atoms with Crippen LogP contribution in [0.25, 0.3) is 0 Å². The highest BCUT2D eigenvalue weighted by Crippen LogP contribution is 2.40. The second-order valence-corrected chi connectivity index (χ2v) is 7.18. The summed E-state index contributed by atoms with van der Waals surface area (Å²) in [5.41, 5.74) is 2.55. The molecule has 0 bridgehead atoms. The number of nitrogens with zero attached hydrogens (tertiary/aromatic N) is 1. The van der Waals surface area contributed by atoms with Crippen LogP contribution in [0.4, 0.5) is 14.5 Å². The zero-order chi connectivity index (χ0) is 18.1. The van der Waals surface area contributed by atoms with Crippen LogP contribution < -0.4 is 5.32 Å². The first-order chi connectivity index (χ1) is 12.6. The molecule has 0 aromatic heterocycles. The van der Waals surface area contributed by atoms with Gasteiger partial charge < -0.3 is 5.32 Å². The molecule has 5 heteroatoms. The first-order valence-corrected chi connectivity index (χ1v) is 9.20. The van der Waals surface area contributed by atoms with E-state index < -0.39 is 11.6 Å². The third-order valence-corrected chi connectivity index (χ3v) is 5.28. The zero-order valence-electron chi connectivity index (χ0n) is 14.6. The maximum Gasteiger partial charge on any atom is 0.238 e. The lowest BCUT2D eigenvalue weighted by molar-refractivity contribution is -0.118. The van der Waals surface area contributed by atoms with Gasteiger partial charge in [0.05, 0.1) is 12.2 Å². The van der Waals surface area contributed by atoms with Crippen LogP contribution in [0.15, 0.2) is 42.5 Å². The van der Waals surface area contributed by atoms with E-state index >= 15 is 0 Å². The van der Waals surface area contributed by atoms with Crippen LogP contribution >= 0.6 is 0 Å². The molecule has 3 nitrogen and oxygen atoms in total. The summed E-state index contributed by atoms with van der Waals surface area (Å²) in [6.07, 6.45) is 5.37. The third kappa shape index (κ3) is 3.63. The van der Waals surface area contributed by atoms with Crippen LogP contribution in [0, 0.1) is 11.6 Å². The summed E-state index contributed by atoms with van der Waals surface area (Å²) in [4.78, 5) is 14.8. The van der Waals surface area contributed by atoms with Crippen molar-refractivity contribution in [3.05, 3.63) is 65.2 Å². The molecule has 4 rings (SSSR count). The van der Waals surface area contributed by atoms with Crippen LogP contribution in [-0.4, -0.2) is 23.4 Å². The molecule has 1 unspecified atom stereocenters. The van der Waals surface area contributed by atoms with E-state index in [1.54, 1.807) is 0 Å². The number of fused-ring (bicyclic) bond motifs is 1. The van der Waals surface area contributed by atoms with Gasteiger partial charge in [-0.15, -0.1) is 0 Å². The van der Waals surface area contributed by atoms with Crippen LogP contribution in [-0.2, 0) is 11.2 Å². The Morgan fingerprint density at radius 2 is 1.92 bits per heavy atom. The minimum absolute atomic E-state index is 0.102. The number of anilines is 1. The Morgan fingerprint density at radius 3 is 2.73 bits per heavy atom. The molecule has 26 heavy (non-hydrogen) atoms. The molecule has 136 valence electrons. The lowest BCUT2D eigenvalue weighted by atomic mass is 9.86. The van der Waals surface area contributed by atoms with E-state index in [-0.39, 0.29) is 24.2 Å². The molecule has 0 aliphatic heterocycles. The van der Waals surface area contributed by atoms with E-state index in [0.717, 1.165) is 50.3 Å². The van der Waals surface area contributed by atoms with Gasteiger partial charge in [-0.25, -0.2) is 8.78 Å². The lowest BCUT2D eigenvalue weighted by Crippen LogP contribution is -2.39. The van der Waals surface area contributed by atoms with E-state index in [1.807, 2.05) is 6.07 Å². The monoisotopic (exact) mass is 356 g/mol. The Balaban J connectivity index is 1.51. The minimum Gasteiger partial charge on any atom is -0.322 e. The second kappa shape index (κ2) is 7.16. The fraction of sp³-hybridized carbons (Fsp3) is 0.381. The summed E-state index contributed by atoms with van der Waals surface area (Å²) >= 11 is 0. The van der Waals surface area contributed by atoms with Crippen molar-refractivity contribution in [2.75, 3.05) is 11.9 Å². The SMILES string of the molecule is O=C(CN(C1CC1)C1CCCc2ccccc21)Nc1cc(F)ccc1F. The Morgan fingerprint density at radius 1 is 1.12 bits per heavy atom. The predicted molar refractivity (Wildman–Crippen MR) is 96.8 cm³/mol. The largest absolute Gasteiger partial charge is 0.322 e. The molecule has 2 aromatic carbocycles. The number of hydrogen-bond acceptors (Lipinski definition) is 2. The van der Waals surface area contributed by atoms with Crippen LogP contribution in [0.5, 0.6) is 0 Å². The van der Waals surface area contributed by atoms with Crippen molar-refractivity contribution >= 4 is 11.6 Å². The molecule has 1 saturated carbocycles. The number of hydrogen-bond donors (Lipinski definition) is 1. The maximum atomic E-state index is 13.8. The molecule has 0 spiro atoms. The zero-order valence-corrected chi connectivity index (χ0v) is 14.6. The highest BCUT2D eigenvalue weighted by Gasteiger charge is 2.37. The minimum atomic E-state index is -0.624. The van der Waals surface area contributed by atoms with Gasteiger partial charge in [0.2, 0.25) is 5.91 Å². The normalized spacial score (nSPS) is 19.3. The number of aryl methyl sites for hydroxylation is 1. The van der Waals surface area contributed by atoms with Gasteiger partial charge in [0, 0.05) is 18.2 Å². The van der Waals surface area contributed by atoms with Gasteiger partial charge in [0.15, 0.2) is 0 Å². The molecule has 2 aliphatic rings. The number of amides is 1. The number of carbonyl (C=O) groups excluding carboxylic acids is 1. The van der Waals surface area contributed by atoms with E-state index in [0.29, 0.717) is 6.04 Å². The smallest absolute Gasteiger partial charge is 0.238 e. The molecular formula is C21H22F2N2O. The molecule has 2 aliphatic carbocycles. The van der Waals surface area contributed by atoms with Gasteiger partial charge >= 0.3 is 0 Å². The summed E-state index contributed by atoms with van der Waals surface area (Å²) in [5.74, 6) is -1.49. The molecule has 0 heterocycles. The number of halogens is 2. The first kappa shape index (κ1) is 17.2. The first-order valence-electron chi connectivity index (χ1n) is 9.20. The average molecular weight is 356 g/mol. The second-order valence-electron chi connectivity index (χ2n) is 7.18. The van der Waals surface area contributed by atoms with E-state index in [4.69, 9.17) is 0 Å². The van der Waals surface area contributed by atoms with Gasteiger partial charge in [-0.1, -0.05) is 24.3 Å². The Labute approximate surface area is 152 Å². The van der Waals surface area contributed by atoms with E-state index in [2.05, 4.69) is 28.4 Å². The average Bonchev–Trinajstić information content (AvgIpc) is 3.47. The van der Waals surface area contributed by atoms with Gasteiger partial charge in [-0.05, 0) is 55.4 Å². The van der Waals surface area contributed by atoms with E-state index in [1.165, 1.54) is 11.1 Å². The Kier molecular flexibility index (Phi) is 4.72. The van der Waals surface area contributed by atoms with Crippen molar-refractivity contribution in [2.45, 2.75) is 44.2 Å². The third-order valence-electron chi connectivity index (χ3n) is 5.28. The standard InChI is InChI=1S/C21H22F2N2O/c22-15-8-11-18(23)19(12-15)24-21(26)13-25(16-9-10-16)20-7-3-5-14-4-1-2-6-17(14)20/h1-2,4,6,8,11-12,16,20H,3,5,7,9-10,13H2,(H,24,26). The Bertz CT molecular complexity index is 819. The highest BCUT2D eigenvalue weighted by molar-refractivity contribution is 5.92. The molecule has 1 atom stereocenters. The molecule has 1 amide bonds. The van der Waals surface area contributed by atoms with E-state index in [9.17, 15) is 13.6 Å². The topological polar surface area (TPSA) is 32.3 Å². The molecular weight excluding hydrogens is 334 g/mol. The van der Waals surface area contributed by atoms with Crippen molar-refractivity contribution < 1.29 is 13.6 Å². The quantitative estimate of drug-likeness (QED) is 0.859. The molecule has 0 radical (unpaired) electrons. The van der Waals surface area contributed by atoms with Crippen molar-refractivity contribution in [3.63, 3.8) is 0 Å². The van der Waals surface area contributed by atoms with Gasteiger partial charge in [-0.2, -0.15) is 0 Å². The Hall–Kier alpha value is -2.27. The maximum absolute atomic E-state index is 13.8. The number of nitrogens with one attached hydrogen (secondary N) is 1. The highest BCUT2D eigenvalue weighted by atomic mass is 19.1. The molecule has 1 N–H and O–H groups in total. The predicted octanol–water partition coefficient (Wildman–Crippen LogP) is 4.45. The van der Waals surface area contributed by atoms with Crippen molar-refractivity contribution in [1.82, 2.24) is 4.90 Å². The molecule has 0 saturated heterocycles. The summed E-state index contributed by atoms with van der Waals surface area (Å²) in [6.45, 7) is 0.194. The number of carbonyl (C=O) groups is 1. The summed E-state index contributed by atoms with van der Waals surface area (Å²) < 4.78 is 27.1. The lowest BCUT2D eigenvalue weighted by Gasteiger charge is -2.35. The number of benzene rings is 2. The molecule has 2 aromatic rings. The molecule has 1 fully saturated rings. The fourth-order valence-electron chi connectivity index (χ4n) is 3.92. The van der Waals surface area contributed by atoms with Crippen molar-refractivity contribution in [1.29, 1.82) is 0 Å².